The second-order valence-corrected chi connectivity index (χ2v) is 5.09. The number of nitrogens with one attached hydrogen (secondary N) is 1. The minimum atomic E-state index is -1.15. The number of rotatable bonds is 5. The van der Waals surface area contributed by atoms with Crippen molar-refractivity contribution in [3.63, 3.8) is 0 Å². The van der Waals surface area contributed by atoms with Crippen LogP contribution >= 0.6 is 11.6 Å². The van der Waals surface area contributed by atoms with Gasteiger partial charge in [-0.25, -0.2) is 4.79 Å². The summed E-state index contributed by atoms with van der Waals surface area (Å²) in [4.78, 5) is 22.9. The first kappa shape index (κ1) is 15.9. The van der Waals surface area contributed by atoms with Crippen LogP contribution in [0.2, 0.25) is 5.02 Å². The Morgan fingerprint density at radius 3 is 2.68 bits per heavy atom. The van der Waals surface area contributed by atoms with Gasteiger partial charge in [-0.3, -0.25) is 4.79 Å². The van der Waals surface area contributed by atoms with Crippen molar-refractivity contribution in [2.24, 2.45) is 0 Å². The van der Waals surface area contributed by atoms with Crippen molar-refractivity contribution in [3.05, 3.63) is 58.6 Å². The quantitative estimate of drug-likeness (QED) is 0.886. The molecule has 0 unspecified atom stereocenters. The number of carbonyl (C=O) groups excluding carboxylic acids is 1. The van der Waals surface area contributed by atoms with Crippen molar-refractivity contribution in [3.8, 4) is 5.75 Å². The molecule has 2 N–H and O–H groups in total. The zero-order chi connectivity index (χ0) is 16.1. The fourth-order valence-electron chi connectivity index (χ4n) is 1.86. The lowest BCUT2D eigenvalue weighted by Gasteiger charge is -2.10. The van der Waals surface area contributed by atoms with Crippen molar-refractivity contribution in [1.82, 2.24) is 0 Å². The number of carboxylic acids is 1. The predicted octanol–water partition coefficient (Wildman–Crippen LogP) is 3.36. The molecule has 5 nitrogen and oxygen atoms in total. The molecule has 0 saturated heterocycles. The van der Waals surface area contributed by atoms with Gasteiger partial charge in [-0.1, -0.05) is 23.7 Å². The minimum Gasteiger partial charge on any atom is -0.483 e. The summed E-state index contributed by atoms with van der Waals surface area (Å²) in [5.41, 5.74) is 1.62. The number of aromatic carboxylic acids is 1. The van der Waals surface area contributed by atoms with E-state index in [-0.39, 0.29) is 23.8 Å². The van der Waals surface area contributed by atoms with E-state index in [0.29, 0.717) is 10.7 Å². The molecule has 0 spiro atoms. The summed E-state index contributed by atoms with van der Waals surface area (Å²) >= 11 is 5.81. The lowest BCUT2D eigenvalue weighted by Crippen LogP contribution is -2.20. The van der Waals surface area contributed by atoms with E-state index < -0.39 is 5.97 Å². The van der Waals surface area contributed by atoms with Crippen LogP contribution in [-0.2, 0) is 4.79 Å². The van der Waals surface area contributed by atoms with Gasteiger partial charge in [0.2, 0.25) is 0 Å². The Morgan fingerprint density at radius 2 is 2.00 bits per heavy atom. The Labute approximate surface area is 132 Å². The zero-order valence-corrected chi connectivity index (χ0v) is 12.6. The molecule has 114 valence electrons. The third kappa shape index (κ3) is 4.23. The molecule has 0 radical (unpaired) electrons. The molecule has 0 saturated carbocycles. The van der Waals surface area contributed by atoms with Crippen LogP contribution in [0.4, 0.5) is 5.69 Å². The van der Waals surface area contributed by atoms with Crippen LogP contribution in [0, 0.1) is 6.92 Å². The van der Waals surface area contributed by atoms with Gasteiger partial charge in [0, 0.05) is 10.7 Å². The first-order valence-corrected chi connectivity index (χ1v) is 6.85. The number of aryl methyl sites for hydroxylation is 1. The highest BCUT2D eigenvalue weighted by Gasteiger charge is 2.13. The van der Waals surface area contributed by atoms with Crippen LogP contribution in [0.3, 0.4) is 0 Å². The molecule has 2 rings (SSSR count). The van der Waals surface area contributed by atoms with Gasteiger partial charge in [-0.2, -0.15) is 0 Å². The van der Waals surface area contributed by atoms with E-state index in [0.717, 1.165) is 5.56 Å². The van der Waals surface area contributed by atoms with Gasteiger partial charge >= 0.3 is 5.97 Å². The summed E-state index contributed by atoms with van der Waals surface area (Å²) in [6, 6.07) is 11.5. The molecule has 0 aliphatic rings. The van der Waals surface area contributed by atoms with E-state index in [1.165, 1.54) is 18.2 Å². The lowest BCUT2D eigenvalue weighted by atomic mass is 10.2. The molecule has 1 amide bonds. The monoisotopic (exact) mass is 319 g/mol. The maximum atomic E-state index is 11.8. The Bertz CT molecular complexity index is 715. The van der Waals surface area contributed by atoms with Crippen LogP contribution < -0.4 is 10.1 Å². The number of anilines is 1. The van der Waals surface area contributed by atoms with Crippen LogP contribution in [0.1, 0.15) is 15.9 Å². The molecule has 0 bridgehead atoms. The fraction of sp³-hybridized carbons (Fsp3) is 0.125. The third-order valence-electron chi connectivity index (χ3n) is 2.83. The average Bonchev–Trinajstić information content (AvgIpc) is 2.45. The minimum absolute atomic E-state index is 0.0484. The van der Waals surface area contributed by atoms with Crippen LogP contribution in [0.15, 0.2) is 42.5 Å². The van der Waals surface area contributed by atoms with E-state index >= 15 is 0 Å². The molecule has 0 aromatic heterocycles. The van der Waals surface area contributed by atoms with Crippen molar-refractivity contribution in [2.45, 2.75) is 6.92 Å². The number of hydrogen-bond donors (Lipinski definition) is 2. The maximum Gasteiger partial charge on any atom is 0.339 e. The second-order valence-electron chi connectivity index (χ2n) is 4.65. The third-order valence-corrected chi connectivity index (χ3v) is 3.07. The summed E-state index contributed by atoms with van der Waals surface area (Å²) in [5, 5.41) is 12.1. The Hall–Kier alpha value is -2.53. The van der Waals surface area contributed by atoms with Crippen molar-refractivity contribution in [1.29, 1.82) is 0 Å². The number of carboxylic acid groups (broad SMARTS) is 1. The molecular weight excluding hydrogens is 306 g/mol. The van der Waals surface area contributed by atoms with Crippen molar-refractivity contribution < 1.29 is 19.4 Å². The number of hydrogen-bond acceptors (Lipinski definition) is 3. The molecule has 2 aromatic rings. The molecule has 0 aliphatic carbocycles. The molecule has 6 heteroatoms. The van der Waals surface area contributed by atoms with E-state index in [2.05, 4.69) is 5.32 Å². The highest BCUT2D eigenvalue weighted by Crippen LogP contribution is 2.23. The zero-order valence-electron chi connectivity index (χ0n) is 11.8. The molecule has 22 heavy (non-hydrogen) atoms. The summed E-state index contributed by atoms with van der Waals surface area (Å²) < 4.78 is 5.27. The maximum absolute atomic E-state index is 11.8. The molecule has 0 fully saturated rings. The number of carbonyl (C=O) groups is 2. The molecule has 2 aromatic carbocycles. The lowest BCUT2D eigenvalue weighted by molar-refractivity contribution is -0.118. The van der Waals surface area contributed by atoms with Gasteiger partial charge in [0.25, 0.3) is 5.91 Å². The smallest absolute Gasteiger partial charge is 0.339 e. The van der Waals surface area contributed by atoms with Gasteiger partial charge in [-0.15, -0.1) is 0 Å². The number of ether oxygens (including phenoxy) is 1. The SMILES string of the molecule is Cc1cccc(NC(=O)COc2cc(Cl)ccc2C(=O)O)c1. The Morgan fingerprint density at radius 1 is 1.23 bits per heavy atom. The summed E-state index contributed by atoms with van der Waals surface area (Å²) in [7, 11) is 0. The normalized spacial score (nSPS) is 10.1. The van der Waals surface area contributed by atoms with E-state index in [1.54, 1.807) is 6.07 Å². The number of halogens is 1. The van der Waals surface area contributed by atoms with Gasteiger partial charge < -0.3 is 15.2 Å². The molecular formula is C16H14ClNO4. The van der Waals surface area contributed by atoms with E-state index in [9.17, 15) is 9.59 Å². The first-order chi connectivity index (χ1) is 10.5. The fourth-order valence-corrected chi connectivity index (χ4v) is 2.02. The number of benzene rings is 2. The van der Waals surface area contributed by atoms with E-state index in [4.69, 9.17) is 21.4 Å². The highest BCUT2D eigenvalue weighted by atomic mass is 35.5. The predicted molar refractivity (Wildman–Crippen MR) is 83.7 cm³/mol. The molecule has 0 aliphatic heterocycles. The molecule has 0 atom stereocenters. The summed E-state index contributed by atoms with van der Waals surface area (Å²) in [5.74, 6) is -1.48. The van der Waals surface area contributed by atoms with Crippen molar-refractivity contribution >= 4 is 29.2 Å². The van der Waals surface area contributed by atoms with Gasteiger partial charge in [0.15, 0.2) is 6.61 Å². The molecule has 0 heterocycles. The van der Waals surface area contributed by atoms with Gasteiger partial charge in [0.05, 0.1) is 0 Å². The summed E-state index contributed by atoms with van der Waals surface area (Å²) in [6.07, 6.45) is 0. The topological polar surface area (TPSA) is 75.6 Å². The first-order valence-electron chi connectivity index (χ1n) is 6.48. The van der Waals surface area contributed by atoms with Gasteiger partial charge in [0.1, 0.15) is 11.3 Å². The van der Waals surface area contributed by atoms with Crippen LogP contribution in [0.25, 0.3) is 0 Å². The standard InChI is InChI=1S/C16H14ClNO4/c1-10-3-2-4-12(7-10)18-15(19)9-22-14-8-11(17)5-6-13(14)16(20)21/h2-8H,9H2,1H3,(H,18,19)(H,20,21). The largest absolute Gasteiger partial charge is 0.483 e. The highest BCUT2D eigenvalue weighted by molar-refractivity contribution is 6.30. The second kappa shape index (κ2) is 6.95. The average molecular weight is 320 g/mol. The van der Waals surface area contributed by atoms with Gasteiger partial charge in [-0.05, 0) is 42.8 Å². The number of amides is 1. The van der Waals surface area contributed by atoms with Crippen LogP contribution in [-0.4, -0.2) is 23.6 Å². The Kier molecular flexibility index (Phi) is 5.01. The van der Waals surface area contributed by atoms with E-state index in [1.807, 2.05) is 25.1 Å². The van der Waals surface area contributed by atoms with Crippen molar-refractivity contribution in [2.75, 3.05) is 11.9 Å². The summed E-state index contributed by atoms with van der Waals surface area (Å²) in [6.45, 7) is 1.60. The van der Waals surface area contributed by atoms with Crippen LogP contribution in [0.5, 0.6) is 5.75 Å². The Balaban J connectivity index is 2.02.